The van der Waals surface area contributed by atoms with Crippen molar-refractivity contribution in [3.05, 3.63) is 69.3 Å². The van der Waals surface area contributed by atoms with Gasteiger partial charge >= 0.3 is 0 Å². The quantitative estimate of drug-likeness (QED) is 0.514. The molecule has 0 spiro atoms. The molecule has 21 heavy (non-hydrogen) atoms. The molecule has 0 unspecified atom stereocenters. The molecule has 0 radical (unpaired) electrons. The molecule has 2 aromatic rings. The molecule has 0 aliphatic rings. The molecule has 2 nitrogen and oxygen atoms in total. The summed E-state index contributed by atoms with van der Waals surface area (Å²) in [6.07, 6.45) is 1.05. The van der Waals surface area contributed by atoms with Crippen molar-refractivity contribution in [2.75, 3.05) is 13.1 Å². The first-order chi connectivity index (χ1) is 10.2. The van der Waals surface area contributed by atoms with Crippen molar-refractivity contribution in [2.45, 2.75) is 19.9 Å². The zero-order valence-electron chi connectivity index (χ0n) is 12.3. The van der Waals surface area contributed by atoms with Gasteiger partial charge in [-0.2, -0.15) is 0 Å². The first-order valence-corrected chi connectivity index (χ1v) is 8.32. The predicted octanol–water partition coefficient (Wildman–Crippen LogP) is 4.39. The van der Waals surface area contributed by atoms with E-state index in [2.05, 4.69) is 52.6 Å². The number of nitrogens with zero attached hydrogens (tertiary/aromatic N) is 1. The van der Waals surface area contributed by atoms with Crippen molar-refractivity contribution in [3.8, 4) is 0 Å². The molecule has 0 saturated carbocycles. The summed E-state index contributed by atoms with van der Waals surface area (Å²) < 4.78 is 1.25. The van der Waals surface area contributed by atoms with Gasteiger partial charge in [-0.15, -0.1) is 0 Å². The van der Waals surface area contributed by atoms with E-state index < -0.39 is 0 Å². The van der Waals surface area contributed by atoms with E-state index in [0.717, 1.165) is 25.1 Å². The number of carbonyl (C=O) groups excluding carboxylic acids is 1. The highest BCUT2D eigenvalue weighted by atomic mass is 127. The summed E-state index contributed by atoms with van der Waals surface area (Å²) in [5.41, 5.74) is 2.08. The average molecular weight is 393 g/mol. The molecule has 0 saturated heterocycles. The van der Waals surface area contributed by atoms with Gasteiger partial charge in [0.05, 0.1) is 6.54 Å². The van der Waals surface area contributed by atoms with Crippen LogP contribution in [0.1, 0.15) is 29.3 Å². The second-order valence-electron chi connectivity index (χ2n) is 5.09. The highest BCUT2D eigenvalue weighted by molar-refractivity contribution is 14.1. The van der Waals surface area contributed by atoms with E-state index in [1.165, 1.54) is 9.13 Å². The van der Waals surface area contributed by atoms with Crippen molar-refractivity contribution >= 4 is 28.4 Å². The molecule has 0 bridgehead atoms. The first-order valence-electron chi connectivity index (χ1n) is 7.24. The minimum Gasteiger partial charge on any atom is -0.293 e. The van der Waals surface area contributed by atoms with Gasteiger partial charge in [0.25, 0.3) is 0 Å². The zero-order chi connectivity index (χ0) is 15.1. The fourth-order valence-corrected chi connectivity index (χ4v) is 2.87. The second kappa shape index (κ2) is 8.29. The molecular formula is C18H20INO. The minimum atomic E-state index is 0.190. The monoisotopic (exact) mass is 393 g/mol. The van der Waals surface area contributed by atoms with E-state index in [-0.39, 0.29) is 5.78 Å². The number of Topliss-reactive ketones (excluding diaryl/α,β-unsaturated/α-hetero) is 1. The second-order valence-corrected chi connectivity index (χ2v) is 6.25. The fraction of sp³-hybridized carbons (Fsp3) is 0.278. The Hall–Kier alpha value is -1.20. The van der Waals surface area contributed by atoms with Crippen LogP contribution in [0.5, 0.6) is 0 Å². The predicted molar refractivity (Wildman–Crippen MR) is 95.5 cm³/mol. The number of hydrogen-bond acceptors (Lipinski definition) is 2. The largest absolute Gasteiger partial charge is 0.293 e. The maximum Gasteiger partial charge on any atom is 0.176 e. The van der Waals surface area contributed by atoms with Gasteiger partial charge in [-0.3, -0.25) is 9.69 Å². The van der Waals surface area contributed by atoms with Gasteiger partial charge in [0.15, 0.2) is 5.78 Å². The Morgan fingerprint density at radius 2 is 1.71 bits per heavy atom. The normalized spacial score (nSPS) is 10.8. The van der Waals surface area contributed by atoms with E-state index in [0.29, 0.717) is 6.54 Å². The first kappa shape index (κ1) is 16.2. The Morgan fingerprint density at radius 1 is 1.05 bits per heavy atom. The van der Waals surface area contributed by atoms with E-state index in [1.807, 2.05) is 36.4 Å². The zero-order valence-corrected chi connectivity index (χ0v) is 14.4. The van der Waals surface area contributed by atoms with E-state index >= 15 is 0 Å². The topological polar surface area (TPSA) is 20.3 Å². The number of ketones is 1. The van der Waals surface area contributed by atoms with Crippen LogP contribution in [-0.4, -0.2) is 23.8 Å². The highest BCUT2D eigenvalue weighted by Gasteiger charge is 2.13. The van der Waals surface area contributed by atoms with Gasteiger partial charge in [0.1, 0.15) is 0 Å². The van der Waals surface area contributed by atoms with E-state index in [4.69, 9.17) is 0 Å². The smallest absolute Gasteiger partial charge is 0.176 e. The molecule has 0 fully saturated rings. The SMILES string of the molecule is CCCN(CC(=O)c1ccccc1)Cc1ccccc1I. The number of rotatable bonds is 7. The van der Waals surface area contributed by atoms with Crippen LogP contribution in [0.4, 0.5) is 0 Å². The lowest BCUT2D eigenvalue weighted by atomic mass is 10.1. The summed E-state index contributed by atoms with van der Waals surface area (Å²) in [4.78, 5) is 14.6. The molecule has 0 N–H and O–H groups in total. The van der Waals surface area contributed by atoms with Gasteiger partial charge in [-0.25, -0.2) is 0 Å². The summed E-state index contributed by atoms with van der Waals surface area (Å²) in [6, 6.07) is 17.9. The van der Waals surface area contributed by atoms with Gasteiger partial charge < -0.3 is 0 Å². The van der Waals surface area contributed by atoms with Crippen molar-refractivity contribution in [1.82, 2.24) is 4.90 Å². The Balaban J connectivity index is 2.06. The molecule has 0 heterocycles. The van der Waals surface area contributed by atoms with Crippen molar-refractivity contribution in [2.24, 2.45) is 0 Å². The summed E-state index contributed by atoms with van der Waals surface area (Å²) >= 11 is 2.36. The lowest BCUT2D eigenvalue weighted by Gasteiger charge is -2.21. The number of carbonyl (C=O) groups is 1. The van der Waals surface area contributed by atoms with Crippen molar-refractivity contribution < 1.29 is 4.79 Å². The molecular weight excluding hydrogens is 373 g/mol. The highest BCUT2D eigenvalue weighted by Crippen LogP contribution is 2.14. The van der Waals surface area contributed by atoms with Crippen LogP contribution in [0.3, 0.4) is 0 Å². The van der Waals surface area contributed by atoms with Crippen molar-refractivity contribution in [3.63, 3.8) is 0 Å². The van der Waals surface area contributed by atoms with Gasteiger partial charge in [0.2, 0.25) is 0 Å². The molecule has 0 amide bonds. The van der Waals surface area contributed by atoms with E-state index in [9.17, 15) is 4.79 Å². The third-order valence-electron chi connectivity index (χ3n) is 3.35. The Labute approximate surface area is 140 Å². The summed E-state index contributed by atoms with van der Waals surface area (Å²) in [5.74, 6) is 0.190. The molecule has 2 aromatic carbocycles. The maximum atomic E-state index is 12.4. The van der Waals surface area contributed by atoms with Crippen molar-refractivity contribution in [1.29, 1.82) is 0 Å². The standard InChI is InChI=1S/C18H20INO/c1-2-12-20(13-16-10-6-7-11-17(16)19)14-18(21)15-8-4-3-5-9-15/h3-11H,2,12-14H2,1H3. The van der Waals surface area contributed by atoms with Crippen LogP contribution >= 0.6 is 22.6 Å². The van der Waals surface area contributed by atoms with Crippen LogP contribution in [0.25, 0.3) is 0 Å². The number of benzene rings is 2. The molecule has 0 atom stereocenters. The number of halogens is 1. The third kappa shape index (κ3) is 4.93. The van der Waals surface area contributed by atoms with Crippen LogP contribution in [0.2, 0.25) is 0 Å². The van der Waals surface area contributed by atoms with E-state index in [1.54, 1.807) is 0 Å². The summed E-state index contributed by atoms with van der Waals surface area (Å²) in [5, 5.41) is 0. The lowest BCUT2D eigenvalue weighted by Crippen LogP contribution is -2.30. The lowest BCUT2D eigenvalue weighted by molar-refractivity contribution is 0.0925. The number of hydrogen-bond donors (Lipinski definition) is 0. The molecule has 3 heteroatoms. The fourth-order valence-electron chi connectivity index (χ4n) is 2.32. The van der Waals surface area contributed by atoms with Crippen LogP contribution < -0.4 is 0 Å². The average Bonchev–Trinajstić information content (AvgIpc) is 2.50. The summed E-state index contributed by atoms with van der Waals surface area (Å²) in [6.45, 7) is 4.38. The molecule has 110 valence electrons. The molecule has 2 rings (SSSR count). The molecule has 0 aliphatic heterocycles. The molecule has 0 aromatic heterocycles. The molecule has 0 aliphatic carbocycles. The third-order valence-corrected chi connectivity index (χ3v) is 4.41. The summed E-state index contributed by atoms with van der Waals surface area (Å²) in [7, 11) is 0. The Kier molecular flexibility index (Phi) is 6.39. The Morgan fingerprint density at radius 3 is 2.38 bits per heavy atom. The van der Waals surface area contributed by atoms with Gasteiger partial charge in [-0.05, 0) is 47.2 Å². The van der Waals surface area contributed by atoms with Gasteiger partial charge in [-0.1, -0.05) is 55.5 Å². The van der Waals surface area contributed by atoms with Crippen LogP contribution in [0, 0.1) is 3.57 Å². The maximum absolute atomic E-state index is 12.4. The van der Waals surface area contributed by atoms with Crippen LogP contribution in [0.15, 0.2) is 54.6 Å². The van der Waals surface area contributed by atoms with Gasteiger partial charge in [0, 0.05) is 15.7 Å². The van der Waals surface area contributed by atoms with Crippen LogP contribution in [-0.2, 0) is 6.54 Å². The Bertz CT molecular complexity index is 583. The minimum absolute atomic E-state index is 0.190.